The van der Waals surface area contributed by atoms with Crippen molar-refractivity contribution in [2.45, 2.75) is 32.7 Å². The van der Waals surface area contributed by atoms with Crippen molar-refractivity contribution >= 4 is 0 Å². The predicted octanol–water partition coefficient (Wildman–Crippen LogP) is 1.94. The molecule has 0 aromatic carbocycles. The quantitative estimate of drug-likeness (QED) is 0.565. The maximum atomic E-state index is 2.49. The monoisotopic (exact) mass is 182 g/mol. The van der Waals surface area contributed by atoms with Crippen LogP contribution in [0.4, 0.5) is 0 Å². The van der Waals surface area contributed by atoms with Crippen molar-refractivity contribution in [1.82, 2.24) is 9.80 Å². The third-order valence-electron chi connectivity index (χ3n) is 2.69. The summed E-state index contributed by atoms with van der Waals surface area (Å²) in [5, 5.41) is 0. The number of rotatable bonds is 0. The van der Waals surface area contributed by atoms with E-state index in [0.717, 1.165) is 6.04 Å². The van der Waals surface area contributed by atoms with Crippen molar-refractivity contribution in [3.8, 4) is 0 Å². The van der Waals surface area contributed by atoms with Gasteiger partial charge in [-0.15, -0.1) is 0 Å². The number of piperazine rings is 1. The largest absolute Gasteiger partial charge is 0.372 e. The molecule has 2 aliphatic heterocycles. The zero-order valence-corrected chi connectivity index (χ0v) is 9.16. The van der Waals surface area contributed by atoms with Gasteiger partial charge < -0.3 is 9.80 Å². The van der Waals surface area contributed by atoms with Crippen LogP contribution in [0.1, 0.15) is 26.7 Å². The number of hydrogen-bond donors (Lipinski definition) is 0. The molecule has 0 saturated carbocycles. The molecular weight excluding hydrogens is 160 g/mol. The van der Waals surface area contributed by atoms with Crippen molar-refractivity contribution in [3.05, 3.63) is 12.3 Å². The lowest BCUT2D eigenvalue weighted by atomic mass is 10.0. The van der Waals surface area contributed by atoms with E-state index in [1.165, 1.54) is 32.5 Å². The Kier molecular flexibility index (Phi) is 4.29. The SMILES string of the molecule is CC.CN1CCN2C=CCCC2C1. The highest BCUT2D eigenvalue weighted by Crippen LogP contribution is 2.18. The van der Waals surface area contributed by atoms with E-state index in [9.17, 15) is 0 Å². The van der Waals surface area contributed by atoms with Crippen molar-refractivity contribution in [2.75, 3.05) is 26.7 Å². The first-order chi connectivity index (χ1) is 6.36. The Labute approximate surface area is 82.2 Å². The van der Waals surface area contributed by atoms with Crippen LogP contribution in [-0.4, -0.2) is 42.5 Å². The van der Waals surface area contributed by atoms with Gasteiger partial charge in [0.25, 0.3) is 0 Å². The summed E-state index contributed by atoms with van der Waals surface area (Å²) in [6.45, 7) is 7.70. The van der Waals surface area contributed by atoms with Gasteiger partial charge in [-0.25, -0.2) is 0 Å². The molecule has 1 atom stereocenters. The minimum Gasteiger partial charge on any atom is -0.372 e. The van der Waals surface area contributed by atoms with Crippen LogP contribution in [0.15, 0.2) is 12.3 Å². The fourth-order valence-corrected chi connectivity index (χ4v) is 1.98. The number of allylic oxidation sites excluding steroid dienone is 1. The molecule has 2 heterocycles. The second-order valence-corrected chi connectivity index (χ2v) is 3.62. The van der Waals surface area contributed by atoms with E-state index in [1.54, 1.807) is 0 Å². The van der Waals surface area contributed by atoms with E-state index in [1.807, 2.05) is 13.8 Å². The molecule has 0 radical (unpaired) electrons. The average molecular weight is 182 g/mol. The van der Waals surface area contributed by atoms with E-state index in [4.69, 9.17) is 0 Å². The molecular formula is C11H22N2. The van der Waals surface area contributed by atoms with Gasteiger partial charge in [-0.1, -0.05) is 19.9 Å². The van der Waals surface area contributed by atoms with Gasteiger partial charge in [-0.05, 0) is 26.1 Å². The van der Waals surface area contributed by atoms with Gasteiger partial charge in [-0.2, -0.15) is 0 Å². The summed E-state index contributed by atoms with van der Waals surface area (Å²) in [5.74, 6) is 0. The fourth-order valence-electron chi connectivity index (χ4n) is 1.98. The van der Waals surface area contributed by atoms with Crippen LogP contribution in [0.25, 0.3) is 0 Å². The van der Waals surface area contributed by atoms with Gasteiger partial charge in [0.2, 0.25) is 0 Å². The highest BCUT2D eigenvalue weighted by molar-refractivity contribution is 4.96. The first kappa shape index (κ1) is 10.6. The van der Waals surface area contributed by atoms with E-state index in [2.05, 4.69) is 29.1 Å². The molecule has 2 nitrogen and oxygen atoms in total. The van der Waals surface area contributed by atoms with E-state index in [-0.39, 0.29) is 0 Å². The van der Waals surface area contributed by atoms with Crippen molar-refractivity contribution in [2.24, 2.45) is 0 Å². The predicted molar refractivity (Wildman–Crippen MR) is 57.7 cm³/mol. The summed E-state index contributed by atoms with van der Waals surface area (Å²) < 4.78 is 0. The maximum absolute atomic E-state index is 2.49. The molecule has 0 spiro atoms. The van der Waals surface area contributed by atoms with Gasteiger partial charge in [0.1, 0.15) is 0 Å². The zero-order valence-electron chi connectivity index (χ0n) is 9.16. The van der Waals surface area contributed by atoms with Gasteiger partial charge in [0.15, 0.2) is 0 Å². The molecule has 76 valence electrons. The average Bonchev–Trinajstić information content (AvgIpc) is 2.21. The van der Waals surface area contributed by atoms with Crippen LogP contribution in [0.5, 0.6) is 0 Å². The second-order valence-electron chi connectivity index (χ2n) is 3.62. The van der Waals surface area contributed by atoms with Crippen LogP contribution in [0.3, 0.4) is 0 Å². The first-order valence-electron chi connectivity index (χ1n) is 5.47. The minimum absolute atomic E-state index is 0.804. The third-order valence-corrected chi connectivity index (χ3v) is 2.69. The summed E-state index contributed by atoms with van der Waals surface area (Å²) in [6, 6.07) is 0.804. The van der Waals surface area contributed by atoms with Crippen molar-refractivity contribution in [1.29, 1.82) is 0 Å². The number of hydrogen-bond acceptors (Lipinski definition) is 2. The summed E-state index contributed by atoms with van der Waals surface area (Å²) in [4.78, 5) is 4.92. The Morgan fingerprint density at radius 1 is 1.23 bits per heavy atom. The molecule has 0 N–H and O–H groups in total. The molecule has 0 aromatic rings. The lowest BCUT2D eigenvalue weighted by Crippen LogP contribution is -2.50. The summed E-state index contributed by atoms with van der Waals surface area (Å²) >= 11 is 0. The van der Waals surface area contributed by atoms with E-state index < -0.39 is 0 Å². The Bertz CT molecular complexity index is 165. The lowest BCUT2D eigenvalue weighted by molar-refractivity contribution is 0.121. The number of likely N-dealkylation sites (N-methyl/N-ethyl adjacent to an activating group) is 1. The van der Waals surface area contributed by atoms with Gasteiger partial charge in [0, 0.05) is 25.7 Å². The van der Waals surface area contributed by atoms with Crippen molar-refractivity contribution < 1.29 is 0 Å². The summed E-state index contributed by atoms with van der Waals surface area (Å²) in [5.41, 5.74) is 0. The minimum atomic E-state index is 0.804. The normalized spacial score (nSPS) is 27.6. The molecule has 0 bridgehead atoms. The molecule has 1 unspecified atom stereocenters. The van der Waals surface area contributed by atoms with Crippen LogP contribution in [0, 0.1) is 0 Å². The van der Waals surface area contributed by atoms with E-state index in [0.29, 0.717) is 0 Å². The topological polar surface area (TPSA) is 6.48 Å². The van der Waals surface area contributed by atoms with Gasteiger partial charge in [-0.3, -0.25) is 0 Å². The molecule has 2 heteroatoms. The van der Waals surface area contributed by atoms with E-state index >= 15 is 0 Å². The smallest absolute Gasteiger partial charge is 0.0414 e. The van der Waals surface area contributed by atoms with Gasteiger partial charge >= 0.3 is 0 Å². The standard InChI is InChI=1S/C9H16N2.C2H6/c1-10-6-7-11-5-3-2-4-9(11)8-10;1-2/h3,5,9H,2,4,6-8H2,1H3;1-2H3. The Hall–Kier alpha value is -0.500. The molecule has 13 heavy (non-hydrogen) atoms. The molecule has 2 rings (SSSR count). The first-order valence-corrected chi connectivity index (χ1v) is 5.47. The Morgan fingerprint density at radius 2 is 2.00 bits per heavy atom. The third kappa shape index (κ3) is 2.73. The lowest BCUT2D eigenvalue weighted by Gasteiger charge is -2.41. The second kappa shape index (κ2) is 5.28. The van der Waals surface area contributed by atoms with Crippen LogP contribution in [-0.2, 0) is 0 Å². The van der Waals surface area contributed by atoms with Gasteiger partial charge in [0.05, 0.1) is 0 Å². The van der Waals surface area contributed by atoms with Crippen LogP contribution < -0.4 is 0 Å². The fraction of sp³-hybridized carbons (Fsp3) is 0.818. The molecule has 0 aliphatic carbocycles. The summed E-state index contributed by atoms with van der Waals surface area (Å²) in [7, 11) is 2.22. The zero-order chi connectivity index (χ0) is 9.68. The molecule has 1 fully saturated rings. The highest BCUT2D eigenvalue weighted by Gasteiger charge is 2.23. The number of nitrogens with zero attached hydrogens (tertiary/aromatic N) is 2. The summed E-state index contributed by atoms with van der Waals surface area (Å²) in [6.07, 6.45) is 7.19. The van der Waals surface area contributed by atoms with Crippen molar-refractivity contribution in [3.63, 3.8) is 0 Å². The molecule has 1 saturated heterocycles. The van der Waals surface area contributed by atoms with Crippen LogP contribution in [0.2, 0.25) is 0 Å². The van der Waals surface area contributed by atoms with Crippen LogP contribution >= 0.6 is 0 Å². The Balaban J connectivity index is 0.000000396. The molecule has 2 aliphatic rings. The highest BCUT2D eigenvalue weighted by atomic mass is 15.3. The molecule has 0 aromatic heterocycles. The maximum Gasteiger partial charge on any atom is 0.0414 e. The number of fused-ring (bicyclic) bond motifs is 1. The Morgan fingerprint density at radius 3 is 2.77 bits per heavy atom. The molecule has 0 amide bonds.